The molecule has 3 aliphatic rings. The van der Waals surface area contributed by atoms with Crippen LogP contribution in [0.1, 0.15) is 46.8 Å². The van der Waals surface area contributed by atoms with Gasteiger partial charge in [0.25, 0.3) is 5.69 Å². The summed E-state index contributed by atoms with van der Waals surface area (Å²) >= 11 is 0. The summed E-state index contributed by atoms with van der Waals surface area (Å²) in [7, 11) is 1.59. The lowest BCUT2D eigenvalue weighted by Gasteiger charge is -2.40. The quantitative estimate of drug-likeness (QED) is 0.292. The van der Waals surface area contributed by atoms with Crippen molar-refractivity contribution in [1.29, 1.82) is 0 Å². The van der Waals surface area contributed by atoms with E-state index in [9.17, 15) is 29.3 Å². The van der Waals surface area contributed by atoms with E-state index in [-0.39, 0.29) is 35.7 Å². The van der Waals surface area contributed by atoms with Crippen molar-refractivity contribution >= 4 is 45.8 Å². The van der Waals surface area contributed by atoms with Crippen LogP contribution in [0.2, 0.25) is 0 Å². The Kier molecular flexibility index (Phi) is 4.91. The molecule has 0 saturated heterocycles. The largest absolute Gasteiger partial charge is 0.313 e. The second kappa shape index (κ2) is 7.89. The highest BCUT2D eigenvalue weighted by atomic mass is 16.6. The van der Waals surface area contributed by atoms with Gasteiger partial charge >= 0.3 is 0 Å². The molecule has 8 heteroatoms. The molecule has 2 aliphatic carbocycles. The first-order chi connectivity index (χ1) is 18.1. The number of nitrogens with zero attached hydrogens (tertiary/aromatic N) is 2. The number of likely N-dealkylation sites (N-methyl/N-ethyl adjacent to an activating group) is 1. The molecule has 1 aliphatic heterocycles. The molecule has 1 spiro atoms. The van der Waals surface area contributed by atoms with E-state index in [0.717, 1.165) is 0 Å². The van der Waals surface area contributed by atoms with Crippen LogP contribution in [0.15, 0.2) is 72.8 Å². The highest BCUT2D eigenvalue weighted by Crippen LogP contribution is 2.61. The molecule has 0 N–H and O–H groups in total. The highest BCUT2D eigenvalue weighted by molar-refractivity contribution is 6.40. The second-order valence-electron chi connectivity index (χ2n) is 10.0. The van der Waals surface area contributed by atoms with E-state index in [0.29, 0.717) is 33.5 Å². The molecule has 188 valence electrons. The van der Waals surface area contributed by atoms with Gasteiger partial charge in [0.05, 0.1) is 10.6 Å². The van der Waals surface area contributed by atoms with Crippen LogP contribution in [0.4, 0.5) is 11.4 Å². The third kappa shape index (κ3) is 2.74. The lowest BCUT2D eigenvalue weighted by Crippen LogP contribution is -2.54. The van der Waals surface area contributed by atoms with E-state index in [1.54, 1.807) is 62.5 Å². The Balaban J connectivity index is 1.79. The number of benzene rings is 3. The zero-order chi connectivity index (χ0) is 27.0. The fourth-order valence-corrected chi connectivity index (χ4v) is 6.35. The molecule has 8 nitrogen and oxygen atoms in total. The molecule has 0 bridgehead atoms. The number of Topliss-reactive ketones (excluding diaryl/α,β-unsaturated/α-hetero) is 3. The number of allylic oxidation sites excluding steroid dienone is 1. The maximum Gasteiger partial charge on any atom is 0.269 e. The van der Waals surface area contributed by atoms with Crippen molar-refractivity contribution in [3.05, 3.63) is 105 Å². The van der Waals surface area contributed by atoms with Crippen molar-refractivity contribution in [2.24, 2.45) is 5.41 Å². The zero-order valence-electron chi connectivity index (χ0n) is 20.7. The van der Waals surface area contributed by atoms with E-state index in [4.69, 9.17) is 0 Å². The maximum atomic E-state index is 14.6. The molecular weight excluding hydrogens is 484 g/mol. The minimum Gasteiger partial charge on any atom is -0.313 e. The van der Waals surface area contributed by atoms with Gasteiger partial charge in [-0.15, -0.1) is 0 Å². The van der Waals surface area contributed by atoms with Crippen molar-refractivity contribution in [2.45, 2.75) is 25.2 Å². The predicted molar refractivity (Wildman–Crippen MR) is 140 cm³/mol. The summed E-state index contributed by atoms with van der Waals surface area (Å²) < 4.78 is 0. The lowest BCUT2D eigenvalue weighted by molar-refractivity contribution is -0.384. The van der Waals surface area contributed by atoms with Crippen molar-refractivity contribution < 1.29 is 24.1 Å². The molecule has 38 heavy (non-hydrogen) atoms. The van der Waals surface area contributed by atoms with Gasteiger partial charge < -0.3 is 4.90 Å². The Bertz CT molecular complexity index is 1640. The average Bonchev–Trinajstić information content (AvgIpc) is 3.38. The molecule has 1 saturated carbocycles. The Morgan fingerprint density at radius 1 is 0.789 bits per heavy atom. The van der Waals surface area contributed by atoms with Crippen LogP contribution in [-0.2, 0) is 19.8 Å². The minimum absolute atomic E-state index is 0.0617. The van der Waals surface area contributed by atoms with Crippen molar-refractivity contribution in [3.8, 4) is 0 Å². The number of anilines is 1. The van der Waals surface area contributed by atoms with Gasteiger partial charge in [0.2, 0.25) is 5.91 Å². The molecule has 3 aromatic carbocycles. The van der Waals surface area contributed by atoms with E-state index < -0.39 is 27.4 Å². The molecule has 1 unspecified atom stereocenters. The summed E-state index contributed by atoms with van der Waals surface area (Å²) in [6.45, 7) is 1.57. The van der Waals surface area contributed by atoms with Gasteiger partial charge in [-0.2, -0.15) is 0 Å². The van der Waals surface area contributed by atoms with Gasteiger partial charge in [0.15, 0.2) is 22.8 Å². The minimum atomic E-state index is -1.88. The fraction of sp³-hybridized carbons (Fsp3) is 0.200. The summed E-state index contributed by atoms with van der Waals surface area (Å²) in [5.41, 5.74) is -1.02. The topological polar surface area (TPSA) is 115 Å². The fourth-order valence-electron chi connectivity index (χ4n) is 6.35. The van der Waals surface area contributed by atoms with Crippen LogP contribution >= 0.6 is 0 Å². The molecule has 6 rings (SSSR count). The molecule has 1 atom stereocenters. The van der Waals surface area contributed by atoms with Gasteiger partial charge in [-0.3, -0.25) is 29.3 Å². The number of fused-ring (bicyclic) bond motifs is 3. The number of nitro groups is 1. The summed E-state index contributed by atoms with van der Waals surface area (Å²) in [5, 5.41) is 11.4. The molecule has 0 aromatic heterocycles. The number of carbonyl (C=O) groups excluding carboxylic acids is 4. The van der Waals surface area contributed by atoms with Gasteiger partial charge in [-0.1, -0.05) is 36.4 Å². The third-order valence-electron chi connectivity index (χ3n) is 8.26. The third-order valence-corrected chi connectivity index (χ3v) is 8.26. The van der Waals surface area contributed by atoms with E-state index in [2.05, 4.69) is 0 Å². The number of amides is 1. The van der Waals surface area contributed by atoms with Gasteiger partial charge in [-0.25, -0.2) is 0 Å². The van der Waals surface area contributed by atoms with E-state index in [1.165, 1.54) is 29.2 Å². The van der Waals surface area contributed by atoms with Crippen LogP contribution in [0.5, 0.6) is 0 Å². The lowest BCUT2D eigenvalue weighted by atomic mass is 9.65. The summed E-state index contributed by atoms with van der Waals surface area (Å²) in [6, 6.07) is 19.3. The van der Waals surface area contributed by atoms with Crippen LogP contribution in [0, 0.1) is 15.5 Å². The first-order valence-electron chi connectivity index (χ1n) is 12.2. The number of hydrogen-bond donors (Lipinski definition) is 0. The van der Waals surface area contributed by atoms with Crippen molar-refractivity contribution in [1.82, 2.24) is 0 Å². The van der Waals surface area contributed by atoms with Gasteiger partial charge in [-0.05, 0) is 59.0 Å². The van der Waals surface area contributed by atoms with Gasteiger partial charge in [0, 0.05) is 37.6 Å². The van der Waals surface area contributed by atoms with Crippen LogP contribution in [0.25, 0.3) is 11.1 Å². The van der Waals surface area contributed by atoms with Crippen LogP contribution < -0.4 is 4.90 Å². The zero-order valence-corrected chi connectivity index (χ0v) is 20.7. The van der Waals surface area contributed by atoms with Crippen LogP contribution in [0.3, 0.4) is 0 Å². The Morgan fingerprint density at radius 2 is 1.37 bits per heavy atom. The SMILES string of the molecule is CN1C(=O)C2(C(=O)c3ccccc31)C(c1ccc([N+](=O)[O-])cc1)=C(C1(C)C(=O)CCC1=O)c1ccccc12. The summed E-state index contributed by atoms with van der Waals surface area (Å²) in [4.78, 5) is 68.1. The Labute approximate surface area is 217 Å². The number of carbonyl (C=O) groups is 4. The highest BCUT2D eigenvalue weighted by Gasteiger charge is 2.64. The summed E-state index contributed by atoms with van der Waals surface area (Å²) in [5.74, 6) is -1.55. The Hall–Kier alpha value is -4.72. The smallest absolute Gasteiger partial charge is 0.269 e. The predicted octanol–water partition coefficient (Wildman–Crippen LogP) is 4.55. The first kappa shape index (κ1) is 23.7. The average molecular weight is 507 g/mol. The summed E-state index contributed by atoms with van der Waals surface area (Å²) in [6.07, 6.45) is 0.123. The van der Waals surface area contributed by atoms with Crippen molar-refractivity contribution in [2.75, 3.05) is 11.9 Å². The van der Waals surface area contributed by atoms with E-state index >= 15 is 0 Å². The number of hydrogen-bond acceptors (Lipinski definition) is 6. The molecule has 3 aromatic rings. The second-order valence-corrected chi connectivity index (χ2v) is 10.0. The van der Waals surface area contributed by atoms with Crippen LogP contribution in [-0.4, -0.2) is 35.2 Å². The number of para-hydroxylation sites is 1. The first-order valence-corrected chi connectivity index (χ1v) is 12.2. The molecule has 0 radical (unpaired) electrons. The number of non-ortho nitro benzene ring substituents is 1. The monoisotopic (exact) mass is 506 g/mol. The maximum absolute atomic E-state index is 14.6. The molecule has 1 fully saturated rings. The molecule has 1 amide bonds. The van der Waals surface area contributed by atoms with Gasteiger partial charge in [0.1, 0.15) is 5.41 Å². The molecular formula is C30H22N2O6. The number of rotatable bonds is 3. The normalized spacial score (nSPS) is 21.8. The number of ketones is 3. The standard InChI is InChI=1S/C30H22N2O6/c1-29(23(33)15-16-24(29)34)26-19-7-3-5-9-21(19)30(25(26)17-11-13-18(14-12-17)32(37)38)27(35)20-8-4-6-10-22(20)31(2)28(30)36/h3-14H,15-16H2,1-2H3. The molecule has 1 heterocycles. The van der Waals surface area contributed by atoms with E-state index in [1.807, 2.05) is 0 Å². The Morgan fingerprint density at radius 3 is 2.00 bits per heavy atom. The van der Waals surface area contributed by atoms with Crippen molar-refractivity contribution in [3.63, 3.8) is 0 Å². The number of nitro benzene ring substituents is 1.